The number of halogens is 3. The van der Waals surface area contributed by atoms with E-state index in [1.807, 2.05) is 6.07 Å². The smallest absolute Gasteiger partial charge is 0.416 e. The van der Waals surface area contributed by atoms with Gasteiger partial charge in [0.2, 0.25) is 0 Å². The van der Waals surface area contributed by atoms with Crippen LogP contribution in [0.15, 0.2) is 42.5 Å². The highest BCUT2D eigenvalue weighted by Crippen LogP contribution is 2.35. The summed E-state index contributed by atoms with van der Waals surface area (Å²) in [6, 6.07) is 10.1. The number of hydrogen-bond donors (Lipinski definition) is 1. The van der Waals surface area contributed by atoms with E-state index in [0.717, 1.165) is 18.2 Å². The lowest BCUT2D eigenvalue weighted by Gasteiger charge is -2.15. The molecule has 0 saturated heterocycles. The quantitative estimate of drug-likeness (QED) is 0.517. The normalized spacial score (nSPS) is 10.8. The number of carbonyl (C=O) groups is 2. The van der Waals surface area contributed by atoms with Gasteiger partial charge >= 0.3 is 12.1 Å². The van der Waals surface area contributed by atoms with Crippen LogP contribution >= 0.6 is 0 Å². The van der Waals surface area contributed by atoms with Crippen LogP contribution < -0.4 is 10.1 Å². The minimum Gasteiger partial charge on any atom is -0.489 e. The van der Waals surface area contributed by atoms with E-state index in [-0.39, 0.29) is 35.8 Å². The molecule has 0 aliphatic rings. The molecule has 2 aromatic carbocycles. The zero-order valence-corrected chi connectivity index (χ0v) is 15.8. The van der Waals surface area contributed by atoms with E-state index >= 15 is 0 Å². The molecule has 0 aliphatic heterocycles. The summed E-state index contributed by atoms with van der Waals surface area (Å²) in [6.45, 7) is -0.508. The zero-order valence-electron chi connectivity index (χ0n) is 15.8. The van der Waals surface area contributed by atoms with Gasteiger partial charge in [-0.05, 0) is 36.4 Å². The van der Waals surface area contributed by atoms with Gasteiger partial charge in [0.15, 0.2) is 6.61 Å². The van der Waals surface area contributed by atoms with Crippen LogP contribution in [-0.2, 0) is 20.4 Å². The van der Waals surface area contributed by atoms with Crippen molar-refractivity contribution in [3.63, 3.8) is 0 Å². The average molecular weight is 422 g/mol. The molecule has 0 saturated carbocycles. The third kappa shape index (κ3) is 6.49. The second-order valence-electron chi connectivity index (χ2n) is 5.87. The molecule has 0 radical (unpaired) electrons. The van der Waals surface area contributed by atoms with Gasteiger partial charge in [0.25, 0.3) is 5.91 Å². The molecule has 0 atom stereocenters. The molecule has 2 aromatic rings. The number of benzene rings is 2. The van der Waals surface area contributed by atoms with Crippen molar-refractivity contribution in [2.45, 2.75) is 6.18 Å². The highest BCUT2D eigenvalue weighted by molar-refractivity contribution is 5.96. The van der Waals surface area contributed by atoms with Crippen LogP contribution in [0.5, 0.6) is 5.75 Å². The number of amides is 1. The van der Waals surface area contributed by atoms with Gasteiger partial charge in [-0.3, -0.25) is 4.79 Å². The Bertz CT molecular complexity index is 954. The van der Waals surface area contributed by atoms with Gasteiger partial charge in [0.05, 0.1) is 35.1 Å². The van der Waals surface area contributed by atoms with Crippen molar-refractivity contribution in [2.75, 3.05) is 32.2 Å². The Morgan fingerprint density at radius 2 is 1.90 bits per heavy atom. The molecule has 1 N–H and O–H groups in total. The standard InChI is InChI=1S/C20H17F3N2O5/c1-28-7-8-29-17-6-5-15(20(21,22)23)10-16(17)25-18(26)12-30-19(27)14-4-2-3-13(9-14)11-24/h2-6,9-10H,7-8,12H2,1H3,(H,25,26). The Kier molecular flexibility index (Phi) is 7.77. The molecule has 0 aliphatic carbocycles. The minimum atomic E-state index is -4.62. The van der Waals surface area contributed by atoms with Gasteiger partial charge in [-0.2, -0.15) is 18.4 Å². The Balaban J connectivity index is 2.08. The lowest BCUT2D eigenvalue weighted by atomic mass is 10.1. The Labute approximate surface area is 170 Å². The number of rotatable bonds is 8. The monoisotopic (exact) mass is 422 g/mol. The predicted molar refractivity (Wildman–Crippen MR) is 98.9 cm³/mol. The van der Waals surface area contributed by atoms with Gasteiger partial charge < -0.3 is 19.5 Å². The SMILES string of the molecule is COCCOc1ccc(C(F)(F)F)cc1NC(=O)COC(=O)c1cccc(C#N)c1. The summed E-state index contributed by atoms with van der Waals surface area (Å²) in [5.74, 6) is -1.72. The first-order valence-electron chi connectivity index (χ1n) is 8.54. The lowest BCUT2D eigenvalue weighted by molar-refractivity contribution is -0.137. The van der Waals surface area contributed by atoms with Crippen LogP contribution in [-0.4, -0.2) is 38.8 Å². The van der Waals surface area contributed by atoms with Crippen LogP contribution in [0.1, 0.15) is 21.5 Å². The molecule has 0 spiro atoms. The van der Waals surface area contributed by atoms with Gasteiger partial charge in [-0.1, -0.05) is 6.07 Å². The van der Waals surface area contributed by atoms with Crippen molar-refractivity contribution in [1.29, 1.82) is 5.26 Å². The molecule has 10 heteroatoms. The second-order valence-corrected chi connectivity index (χ2v) is 5.87. The van der Waals surface area contributed by atoms with Crippen molar-refractivity contribution in [2.24, 2.45) is 0 Å². The van der Waals surface area contributed by atoms with Crippen LogP contribution in [0, 0.1) is 11.3 Å². The second kappa shape index (κ2) is 10.3. The summed E-state index contributed by atoms with van der Waals surface area (Å²) in [5, 5.41) is 11.1. The average Bonchev–Trinajstić information content (AvgIpc) is 2.72. The number of carbonyl (C=O) groups excluding carboxylic acids is 2. The maximum absolute atomic E-state index is 13.0. The van der Waals surface area contributed by atoms with Crippen molar-refractivity contribution in [1.82, 2.24) is 0 Å². The summed E-state index contributed by atoms with van der Waals surface area (Å²) < 4.78 is 53.9. The molecule has 30 heavy (non-hydrogen) atoms. The number of hydrogen-bond acceptors (Lipinski definition) is 6. The topological polar surface area (TPSA) is 97.7 Å². The van der Waals surface area contributed by atoms with Crippen LogP contribution in [0.25, 0.3) is 0 Å². The first-order chi connectivity index (χ1) is 14.2. The van der Waals surface area contributed by atoms with Crippen molar-refractivity contribution in [3.8, 4) is 11.8 Å². The predicted octanol–water partition coefficient (Wildman–Crippen LogP) is 3.40. The molecule has 1 amide bonds. The minimum absolute atomic E-state index is 0.00134. The van der Waals surface area contributed by atoms with E-state index in [9.17, 15) is 22.8 Å². The Morgan fingerprint density at radius 1 is 1.13 bits per heavy atom. The van der Waals surface area contributed by atoms with E-state index in [4.69, 9.17) is 19.5 Å². The van der Waals surface area contributed by atoms with Crippen molar-refractivity contribution >= 4 is 17.6 Å². The van der Waals surface area contributed by atoms with Crippen molar-refractivity contribution < 1.29 is 37.0 Å². The largest absolute Gasteiger partial charge is 0.489 e. The van der Waals surface area contributed by atoms with Crippen LogP contribution in [0.3, 0.4) is 0 Å². The van der Waals surface area contributed by atoms with Gasteiger partial charge in [-0.15, -0.1) is 0 Å². The van der Waals surface area contributed by atoms with Crippen LogP contribution in [0.4, 0.5) is 18.9 Å². The van der Waals surface area contributed by atoms with E-state index < -0.39 is 30.2 Å². The number of methoxy groups -OCH3 is 1. The number of nitriles is 1. The van der Waals surface area contributed by atoms with Crippen LogP contribution in [0.2, 0.25) is 0 Å². The van der Waals surface area contributed by atoms with Gasteiger partial charge in [0.1, 0.15) is 12.4 Å². The summed E-state index contributed by atoms with van der Waals surface area (Å²) in [4.78, 5) is 24.1. The fraction of sp³-hybridized carbons (Fsp3) is 0.250. The van der Waals surface area contributed by atoms with Gasteiger partial charge in [-0.25, -0.2) is 4.79 Å². The summed E-state index contributed by atoms with van der Waals surface area (Å²) in [5.41, 5.74) is -0.920. The third-order valence-electron chi connectivity index (χ3n) is 3.69. The number of anilines is 1. The molecule has 0 aromatic heterocycles. The fourth-order valence-electron chi connectivity index (χ4n) is 2.28. The van der Waals surface area contributed by atoms with E-state index in [1.54, 1.807) is 0 Å². The highest BCUT2D eigenvalue weighted by atomic mass is 19.4. The molecule has 0 fully saturated rings. The lowest BCUT2D eigenvalue weighted by Crippen LogP contribution is -2.22. The molecule has 0 heterocycles. The summed E-state index contributed by atoms with van der Waals surface area (Å²) in [7, 11) is 1.43. The number of nitrogens with zero attached hydrogens (tertiary/aromatic N) is 1. The number of ether oxygens (including phenoxy) is 3. The highest BCUT2D eigenvalue weighted by Gasteiger charge is 2.31. The van der Waals surface area contributed by atoms with Gasteiger partial charge in [0, 0.05) is 7.11 Å². The molecule has 0 bridgehead atoms. The third-order valence-corrected chi connectivity index (χ3v) is 3.69. The number of alkyl halides is 3. The molecule has 158 valence electrons. The summed E-state index contributed by atoms with van der Waals surface area (Å²) >= 11 is 0. The number of esters is 1. The Morgan fingerprint density at radius 3 is 2.57 bits per heavy atom. The van der Waals surface area contributed by atoms with E-state index in [1.165, 1.54) is 31.4 Å². The molecule has 7 nitrogen and oxygen atoms in total. The Hall–Kier alpha value is -3.58. The maximum Gasteiger partial charge on any atom is 0.416 e. The van der Waals surface area contributed by atoms with Crippen molar-refractivity contribution in [3.05, 3.63) is 59.2 Å². The first-order valence-corrected chi connectivity index (χ1v) is 8.54. The molecule has 2 rings (SSSR count). The summed E-state index contributed by atoms with van der Waals surface area (Å²) in [6.07, 6.45) is -4.62. The zero-order chi connectivity index (χ0) is 22.1. The first kappa shape index (κ1) is 22.7. The fourth-order valence-corrected chi connectivity index (χ4v) is 2.28. The molecule has 0 unspecified atom stereocenters. The maximum atomic E-state index is 13.0. The molecular weight excluding hydrogens is 405 g/mol. The van der Waals surface area contributed by atoms with E-state index in [2.05, 4.69) is 5.32 Å². The van der Waals surface area contributed by atoms with E-state index in [0.29, 0.717) is 0 Å². The number of nitrogens with one attached hydrogen (secondary N) is 1. The molecular formula is C20H17F3N2O5.